The van der Waals surface area contributed by atoms with Crippen molar-refractivity contribution in [2.24, 2.45) is 5.92 Å². The molecule has 0 N–H and O–H groups in total. The van der Waals surface area contributed by atoms with Crippen LogP contribution in [-0.4, -0.2) is 20.0 Å². The van der Waals surface area contributed by atoms with E-state index in [2.05, 4.69) is 46.6 Å². The van der Waals surface area contributed by atoms with E-state index in [0.29, 0.717) is 18.8 Å². The molecule has 2 nitrogen and oxygen atoms in total. The van der Waals surface area contributed by atoms with E-state index in [-0.39, 0.29) is 0 Å². The van der Waals surface area contributed by atoms with Crippen molar-refractivity contribution >= 4 is 22.6 Å². The molecule has 0 unspecified atom stereocenters. The molecule has 0 aromatic heterocycles. The number of hydrogen-bond donors (Lipinski definition) is 0. The van der Waals surface area contributed by atoms with Gasteiger partial charge in [0.05, 0.1) is 6.10 Å². The molecule has 0 heterocycles. The Labute approximate surface area is 101 Å². The second-order valence-electron chi connectivity index (χ2n) is 3.43. The fraction of sp³-hybridized carbons (Fsp3) is 0.818. The van der Waals surface area contributed by atoms with Crippen molar-refractivity contribution < 1.29 is 9.47 Å². The van der Waals surface area contributed by atoms with Gasteiger partial charge in [0.1, 0.15) is 6.79 Å². The van der Waals surface area contributed by atoms with Crippen LogP contribution in [0.15, 0.2) is 10.2 Å². The van der Waals surface area contributed by atoms with Crippen molar-refractivity contribution in [3.63, 3.8) is 0 Å². The minimum atomic E-state index is 0.293. The van der Waals surface area contributed by atoms with Crippen LogP contribution < -0.4 is 0 Å². The van der Waals surface area contributed by atoms with Gasteiger partial charge in [-0.05, 0) is 10.5 Å². The van der Waals surface area contributed by atoms with Crippen molar-refractivity contribution in [3.8, 4) is 0 Å². The van der Waals surface area contributed by atoms with E-state index in [9.17, 15) is 0 Å². The molecule has 0 fully saturated rings. The Hall–Kier alpha value is 0.390. The fourth-order valence-electron chi connectivity index (χ4n) is 1.30. The standard InChI is InChI=1S/C11H21IO2/c1-4-5-6-11(14-9-13-3)10(2)7-8-12/h7-8,10-11H,4-6,9H2,1-3H3/b8-7-/t10-,11+/m1/s1. The minimum absolute atomic E-state index is 0.293. The Morgan fingerprint density at radius 2 is 2.14 bits per heavy atom. The molecule has 84 valence electrons. The van der Waals surface area contributed by atoms with Crippen LogP contribution in [0.4, 0.5) is 0 Å². The molecular weight excluding hydrogens is 291 g/mol. The van der Waals surface area contributed by atoms with Gasteiger partial charge >= 0.3 is 0 Å². The summed E-state index contributed by atoms with van der Waals surface area (Å²) in [5.74, 6) is 0.466. The van der Waals surface area contributed by atoms with Gasteiger partial charge in [0.2, 0.25) is 0 Å². The van der Waals surface area contributed by atoms with Crippen LogP contribution >= 0.6 is 22.6 Å². The molecular formula is C11H21IO2. The van der Waals surface area contributed by atoms with Crippen molar-refractivity contribution in [2.75, 3.05) is 13.9 Å². The van der Waals surface area contributed by atoms with Crippen molar-refractivity contribution in [1.29, 1.82) is 0 Å². The van der Waals surface area contributed by atoms with E-state index >= 15 is 0 Å². The summed E-state index contributed by atoms with van der Waals surface area (Å²) in [6.07, 6.45) is 6.01. The van der Waals surface area contributed by atoms with Gasteiger partial charge in [0.25, 0.3) is 0 Å². The maximum Gasteiger partial charge on any atom is 0.146 e. The average molecular weight is 312 g/mol. The van der Waals surface area contributed by atoms with E-state index in [1.54, 1.807) is 7.11 Å². The molecule has 0 bridgehead atoms. The lowest BCUT2D eigenvalue weighted by Gasteiger charge is -2.21. The highest BCUT2D eigenvalue weighted by molar-refractivity contribution is 14.1. The van der Waals surface area contributed by atoms with E-state index in [0.717, 1.165) is 6.42 Å². The molecule has 0 radical (unpaired) electrons. The Kier molecular flexibility index (Phi) is 10.2. The molecule has 14 heavy (non-hydrogen) atoms. The number of hydrogen-bond acceptors (Lipinski definition) is 2. The summed E-state index contributed by atoms with van der Waals surface area (Å²) < 4.78 is 12.6. The molecule has 0 aliphatic rings. The monoisotopic (exact) mass is 312 g/mol. The molecule has 0 aromatic carbocycles. The summed E-state index contributed by atoms with van der Waals surface area (Å²) in [5, 5.41) is 0. The third-order valence-electron chi connectivity index (χ3n) is 2.20. The molecule has 0 saturated heterocycles. The van der Waals surface area contributed by atoms with Gasteiger partial charge in [-0.15, -0.1) is 0 Å². The number of rotatable bonds is 8. The van der Waals surface area contributed by atoms with Crippen LogP contribution in [-0.2, 0) is 9.47 Å². The summed E-state index contributed by atoms with van der Waals surface area (Å²) in [5.41, 5.74) is 0. The number of halogens is 1. The smallest absolute Gasteiger partial charge is 0.146 e. The molecule has 0 rings (SSSR count). The van der Waals surface area contributed by atoms with Gasteiger partial charge in [-0.2, -0.15) is 0 Å². The highest BCUT2D eigenvalue weighted by atomic mass is 127. The molecule has 3 heteroatoms. The molecule has 0 aromatic rings. The Morgan fingerprint density at radius 3 is 2.64 bits per heavy atom. The van der Waals surface area contributed by atoms with Crippen molar-refractivity contribution in [1.82, 2.24) is 0 Å². The van der Waals surface area contributed by atoms with Crippen molar-refractivity contribution in [3.05, 3.63) is 10.2 Å². The van der Waals surface area contributed by atoms with Crippen LogP contribution in [0.1, 0.15) is 33.1 Å². The van der Waals surface area contributed by atoms with Crippen LogP contribution in [0.5, 0.6) is 0 Å². The van der Waals surface area contributed by atoms with Gasteiger partial charge in [-0.1, -0.05) is 55.4 Å². The lowest BCUT2D eigenvalue weighted by Crippen LogP contribution is -2.21. The highest BCUT2D eigenvalue weighted by Gasteiger charge is 2.14. The summed E-state index contributed by atoms with van der Waals surface area (Å²) in [7, 11) is 1.66. The van der Waals surface area contributed by atoms with E-state index in [4.69, 9.17) is 9.47 Å². The van der Waals surface area contributed by atoms with Gasteiger partial charge in [-0.25, -0.2) is 0 Å². The zero-order valence-corrected chi connectivity index (χ0v) is 11.5. The molecule has 0 aliphatic carbocycles. The molecule has 0 amide bonds. The third kappa shape index (κ3) is 6.79. The second-order valence-corrected chi connectivity index (χ2v) is 4.15. The van der Waals surface area contributed by atoms with Gasteiger partial charge in [0, 0.05) is 13.0 Å². The Morgan fingerprint density at radius 1 is 1.43 bits per heavy atom. The van der Waals surface area contributed by atoms with Gasteiger partial charge in [-0.3, -0.25) is 0 Å². The number of methoxy groups -OCH3 is 1. The van der Waals surface area contributed by atoms with E-state index < -0.39 is 0 Å². The lowest BCUT2D eigenvalue weighted by molar-refractivity contribution is -0.0858. The maximum absolute atomic E-state index is 5.63. The predicted octanol–water partition coefficient (Wildman–Crippen LogP) is 3.75. The van der Waals surface area contributed by atoms with Crippen LogP contribution in [0.3, 0.4) is 0 Å². The molecule has 0 saturated carbocycles. The Bertz CT molecular complexity index is 140. The number of unbranched alkanes of at least 4 members (excludes halogenated alkanes) is 1. The van der Waals surface area contributed by atoms with E-state index in [1.807, 2.05) is 0 Å². The molecule has 2 atom stereocenters. The Balaban J connectivity index is 3.93. The number of ether oxygens (including phenoxy) is 2. The quantitative estimate of drug-likeness (QED) is 0.502. The summed E-state index contributed by atoms with van der Waals surface area (Å²) in [6, 6.07) is 0. The SMILES string of the molecule is CCCC[C@H](OCOC)[C@H](C)/C=C\I. The van der Waals surface area contributed by atoms with Gasteiger partial charge in [0.15, 0.2) is 0 Å². The van der Waals surface area contributed by atoms with Gasteiger partial charge < -0.3 is 9.47 Å². The first kappa shape index (κ1) is 14.4. The zero-order chi connectivity index (χ0) is 10.8. The zero-order valence-electron chi connectivity index (χ0n) is 9.33. The van der Waals surface area contributed by atoms with Crippen LogP contribution in [0.25, 0.3) is 0 Å². The summed E-state index contributed by atoms with van der Waals surface area (Å²) >= 11 is 2.24. The first-order valence-electron chi connectivity index (χ1n) is 5.13. The molecule has 0 aliphatic heterocycles. The summed E-state index contributed by atoms with van der Waals surface area (Å²) in [4.78, 5) is 0. The van der Waals surface area contributed by atoms with Crippen LogP contribution in [0, 0.1) is 5.92 Å². The average Bonchev–Trinajstić information content (AvgIpc) is 2.18. The topological polar surface area (TPSA) is 18.5 Å². The minimum Gasteiger partial charge on any atom is -0.359 e. The predicted molar refractivity (Wildman–Crippen MR) is 68.6 cm³/mol. The van der Waals surface area contributed by atoms with Crippen LogP contribution in [0.2, 0.25) is 0 Å². The fourth-order valence-corrected chi connectivity index (χ4v) is 1.95. The lowest BCUT2D eigenvalue weighted by atomic mass is 10.00. The highest BCUT2D eigenvalue weighted by Crippen LogP contribution is 2.16. The van der Waals surface area contributed by atoms with E-state index in [1.165, 1.54) is 12.8 Å². The summed E-state index contributed by atoms with van der Waals surface area (Å²) in [6.45, 7) is 4.78. The second kappa shape index (κ2) is 9.93. The largest absolute Gasteiger partial charge is 0.359 e. The first-order chi connectivity index (χ1) is 6.76. The first-order valence-corrected chi connectivity index (χ1v) is 6.38. The normalized spacial score (nSPS) is 16.0. The molecule has 0 spiro atoms. The van der Waals surface area contributed by atoms with Crippen molar-refractivity contribution in [2.45, 2.75) is 39.2 Å². The third-order valence-corrected chi connectivity index (χ3v) is 2.62. The maximum atomic E-state index is 5.63.